The molecule has 5 nitrogen and oxygen atoms in total. The van der Waals surface area contributed by atoms with E-state index in [1.165, 1.54) is 12.1 Å². The van der Waals surface area contributed by atoms with E-state index < -0.39 is 30.9 Å². The Hall–Kier alpha value is -2.36. The lowest BCUT2D eigenvalue weighted by atomic mass is 10.3. The summed E-state index contributed by atoms with van der Waals surface area (Å²) >= 11 is 5.72. The molecule has 0 saturated heterocycles. The second kappa shape index (κ2) is 7.04. The molecule has 1 aromatic heterocycles. The zero-order chi connectivity index (χ0) is 17.9. The fraction of sp³-hybridized carbons (Fsp3) is 0.231. The zero-order valence-corrected chi connectivity index (χ0v) is 12.4. The van der Waals surface area contributed by atoms with Gasteiger partial charge in [-0.3, -0.25) is 9.48 Å². The number of rotatable bonds is 5. The van der Waals surface area contributed by atoms with Gasteiger partial charge in [0.25, 0.3) is 0 Å². The second-order valence-electron chi connectivity index (χ2n) is 4.47. The van der Waals surface area contributed by atoms with Crippen LogP contribution in [0.4, 0.5) is 27.6 Å². The molecule has 0 bridgehead atoms. The van der Waals surface area contributed by atoms with Crippen LogP contribution in [0.1, 0.15) is 5.69 Å². The Bertz CT molecular complexity index is 733. The van der Waals surface area contributed by atoms with Crippen LogP contribution in [0.5, 0.6) is 5.75 Å². The van der Waals surface area contributed by atoms with Crippen molar-refractivity contribution in [2.75, 3.05) is 5.32 Å². The molecule has 0 aliphatic rings. The van der Waals surface area contributed by atoms with E-state index in [0.29, 0.717) is 0 Å². The number of benzene rings is 1. The third-order valence-corrected chi connectivity index (χ3v) is 2.96. The van der Waals surface area contributed by atoms with Gasteiger partial charge in [0.15, 0.2) is 5.69 Å². The summed E-state index contributed by atoms with van der Waals surface area (Å²) in [7, 11) is 0. The number of alkyl halides is 5. The van der Waals surface area contributed by atoms with Crippen LogP contribution in [0.2, 0.25) is 5.02 Å². The molecular weight excluding hydrogens is 361 g/mol. The number of aromatic nitrogens is 2. The monoisotopic (exact) mass is 369 g/mol. The van der Waals surface area contributed by atoms with Crippen LogP contribution in [0.15, 0.2) is 30.5 Å². The van der Waals surface area contributed by atoms with Crippen molar-refractivity contribution in [3.63, 3.8) is 0 Å². The highest BCUT2D eigenvalue weighted by Gasteiger charge is 2.33. The summed E-state index contributed by atoms with van der Waals surface area (Å²) < 4.78 is 66.4. The molecule has 1 aromatic carbocycles. The maximum Gasteiger partial charge on any atom is 0.435 e. The van der Waals surface area contributed by atoms with Crippen LogP contribution in [-0.4, -0.2) is 22.3 Å². The lowest BCUT2D eigenvalue weighted by Gasteiger charge is -2.09. The van der Waals surface area contributed by atoms with Gasteiger partial charge in [0.2, 0.25) is 5.91 Å². The smallest absolute Gasteiger partial charge is 0.433 e. The maximum atomic E-state index is 12.4. The summed E-state index contributed by atoms with van der Waals surface area (Å²) in [5.41, 5.74) is -0.957. The van der Waals surface area contributed by atoms with Crippen molar-refractivity contribution in [3.05, 3.63) is 41.2 Å². The van der Waals surface area contributed by atoms with Crippen LogP contribution >= 0.6 is 11.6 Å². The molecule has 0 radical (unpaired) electrons. The average molecular weight is 370 g/mol. The highest BCUT2D eigenvalue weighted by Crippen LogP contribution is 2.29. The van der Waals surface area contributed by atoms with Gasteiger partial charge in [-0.25, -0.2) is 0 Å². The number of nitrogens with zero attached hydrogens (tertiary/aromatic N) is 2. The molecule has 130 valence electrons. The van der Waals surface area contributed by atoms with Gasteiger partial charge in [-0.15, -0.1) is 0 Å². The Morgan fingerprint density at radius 1 is 1.33 bits per heavy atom. The van der Waals surface area contributed by atoms with Gasteiger partial charge in [-0.05, 0) is 24.3 Å². The van der Waals surface area contributed by atoms with Crippen molar-refractivity contribution < 1.29 is 31.5 Å². The first kappa shape index (κ1) is 18.0. The Morgan fingerprint density at radius 2 is 2.04 bits per heavy atom. The van der Waals surface area contributed by atoms with E-state index >= 15 is 0 Å². The minimum atomic E-state index is -4.60. The van der Waals surface area contributed by atoms with E-state index in [-0.39, 0.29) is 16.5 Å². The van der Waals surface area contributed by atoms with Crippen molar-refractivity contribution in [1.82, 2.24) is 9.78 Å². The highest BCUT2D eigenvalue weighted by molar-refractivity contribution is 6.32. The maximum absolute atomic E-state index is 12.4. The van der Waals surface area contributed by atoms with Gasteiger partial charge in [-0.1, -0.05) is 11.6 Å². The van der Waals surface area contributed by atoms with E-state index in [0.717, 1.165) is 23.0 Å². The Morgan fingerprint density at radius 3 is 2.58 bits per heavy atom. The molecule has 0 aliphatic heterocycles. The molecular formula is C13H9ClF5N3O2. The van der Waals surface area contributed by atoms with Crippen LogP contribution in [0, 0.1) is 0 Å². The molecule has 0 fully saturated rings. The van der Waals surface area contributed by atoms with Crippen molar-refractivity contribution in [2.45, 2.75) is 19.3 Å². The van der Waals surface area contributed by atoms with Gasteiger partial charge in [0.1, 0.15) is 12.3 Å². The topological polar surface area (TPSA) is 56.2 Å². The fourth-order valence-electron chi connectivity index (χ4n) is 1.72. The fourth-order valence-corrected chi connectivity index (χ4v) is 1.94. The predicted octanol–water partition coefficient (Wildman–Crippen LogP) is 3.80. The van der Waals surface area contributed by atoms with Gasteiger partial charge in [0.05, 0.1) is 5.02 Å². The highest BCUT2D eigenvalue weighted by atomic mass is 35.5. The SMILES string of the molecule is O=C(Cn1ccc(C(F)(F)F)n1)Nc1ccc(OC(F)F)c(Cl)c1. The summed E-state index contributed by atoms with van der Waals surface area (Å²) in [5, 5.41) is 5.42. The third kappa shape index (κ3) is 4.82. The van der Waals surface area contributed by atoms with Crippen molar-refractivity contribution in [2.24, 2.45) is 0 Å². The van der Waals surface area contributed by atoms with Gasteiger partial charge < -0.3 is 10.1 Å². The summed E-state index contributed by atoms with van der Waals surface area (Å²) in [4.78, 5) is 11.8. The standard InChI is InChI=1S/C13H9ClF5N3O2/c14-8-5-7(1-2-9(8)24-12(15)16)20-11(23)6-22-4-3-10(21-22)13(17,18)19/h1-5,12H,6H2,(H,20,23). The third-order valence-electron chi connectivity index (χ3n) is 2.67. The van der Waals surface area contributed by atoms with E-state index in [4.69, 9.17) is 11.6 Å². The van der Waals surface area contributed by atoms with E-state index in [9.17, 15) is 26.7 Å². The number of halogens is 6. The molecule has 0 aliphatic carbocycles. The Balaban J connectivity index is 1.99. The summed E-state index contributed by atoms with van der Waals surface area (Å²) in [6, 6.07) is 4.29. The molecule has 1 N–H and O–H groups in total. The van der Waals surface area contributed by atoms with E-state index in [1.807, 2.05) is 0 Å². The zero-order valence-electron chi connectivity index (χ0n) is 11.6. The Labute approximate surface area is 137 Å². The first-order chi connectivity index (χ1) is 11.1. The molecule has 2 rings (SSSR count). The first-order valence-electron chi connectivity index (χ1n) is 6.30. The number of anilines is 1. The molecule has 0 saturated carbocycles. The van der Waals surface area contributed by atoms with Crippen LogP contribution in [0.25, 0.3) is 0 Å². The number of hydrogen-bond acceptors (Lipinski definition) is 3. The molecule has 0 atom stereocenters. The quantitative estimate of drug-likeness (QED) is 0.816. The minimum absolute atomic E-state index is 0.161. The second-order valence-corrected chi connectivity index (χ2v) is 4.88. The molecule has 2 aromatic rings. The number of nitrogens with one attached hydrogen (secondary N) is 1. The van der Waals surface area contributed by atoms with Crippen molar-refractivity contribution >= 4 is 23.2 Å². The number of amides is 1. The molecule has 1 amide bonds. The van der Waals surface area contributed by atoms with E-state index in [2.05, 4.69) is 15.2 Å². The molecule has 0 unspecified atom stereocenters. The molecule has 11 heteroatoms. The molecule has 24 heavy (non-hydrogen) atoms. The molecule has 0 spiro atoms. The lowest BCUT2D eigenvalue weighted by molar-refractivity contribution is -0.141. The summed E-state index contributed by atoms with van der Waals surface area (Å²) in [6.07, 6.45) is -3.59. The van der Waals surface area contributed by atoms with E-state index in [1.54, 1.807) is 0 Å². The van der Waals surface area contributed by atoms with Gasteiger partial charge in [-0.2, -0.15) is 27.1 Å². The normalized spacial score (nSPS) is 11.6. The summed E-state index contributed by atoms with van der Waals surface area (Å²) in [6.45, 7) is -3.52. The predicted molar refractivity (Wildman–Crippen MR) is 73.9 cm³/mol. The minimum Gasteiger partial charge on any atom is -0.433 e. The van der Waals surface area contributed by atoms with Crippen LogP contribution in [0.3, 0.4) is 0 Å². The Kier molecular flexibility index (Phi) is 5.27. The van der Waals surface area contributed by atoms with Gasteiger partial charge in [0, 0.05) is 11.9 Å². The summed E-state index contributed by atoms with van der Waals surface area (Å²) in [5.74, 6) is -0.947. The van der Waals surface area contributed by atoms with Crippen molar-refractivity contribution in [3.8, 4) is 5.75 Å². The van der Waals surface area contributed by atoms with Crippen LogP contribution in [-0.2, 0) is 17.5 Å². The number of ether oxygens (including phenoxy) is 1. The lowest BCUT2D eigenvalue weighted by Crippen LogP contribution is -2.19. The number of hydrogen-bond donors (Lipinski definition) is 1. The number of carbonyl (C=O) groups excluding carboxylic acids is 1. The van der Waals surface area contributed by atoms with Crippen molar-refractivity contribution in [1.29, 1.82) is 0 Å². The largest absolute Gasteiger partial charge is 0.435 e. The first-order valence-corrected chi connectivity index (χ1v) is 6.68. The number of carbonyl (C=O) groups is 1. The molecule has 1 heterocycles. The van der Waals surface area contributed by atoms with Gasteiger partial charge >= 0.3 is 12.8 Å². The van der Waals surface area contributed by atoms with Crippen LogP contribution < -0.4 is 10.1 Å². The average Bonchev–Trinajstić information content (AvgIpc) is 2.90.